The van der Waals surface area contributed by atoms with E-state index in [1.165, 1.54) is 9.75 Å². The van der Waals surface area contributed by atoms with E-state index in [4.69, 9.17) is 23.2 Å². The summed E-state index contributed by atoms with van der Waals surface area (Å²) in [5.74, 6) is 0. The van der Waals surface area contributed by atoms with Gasteiger partial charge in [0.2, 0.25) is 0 Å². The fourth-order valence-electron chi connectivity index (χ4n) is 1.80. The number of thiophene rings is 1. The first-order chi connectivity index (χ1) is 8.58. The minimum atomic E-state index is -0.565. The van der Waals surface area contributed by atoms with Gasteiger partial charge in [0.25, 0.3) is 0 Å². The van der Waals surface area contributed by atoms with Gasteiger partial charge in [-0.2, -0.15) is 0 Å². The van der Waals surface area contributed by atoms with Crippen molar-refractivity contribution in [2.75, 3.05) is 0 Å². The molecule has 0 saturated heterocycles. The first-order valence-electron chi connectivity index (χ1n) is 5.80. The van der Waals surface area contributed by atoms with Gasteiger partial charge in [-0.1, -0.05) is 30.1 Å². The maximum Gasteiger partial charge on any atom is 0.0839 e. The lowest BCUT2D eigenvalue weighted by Gasteiger charge is -2.10. The predicted octanol–water partition coefficient (Wildman–Crippen LogP) is 4.89. The molecule has 0 spiro atoms. The van der Waals surface area contributed by atoms with Crippen LogP contribution in [0.1, 0.15) is 28.3 Å². The molecule has 0 amide bonds. The zero-order chi connectivity index (χ0) is 13.1. The van der Waals surface area contributed by atoms with Crippen LogP contribution in [-0.4, -0.2) is 5.11 Å². The van der Waals surface area contributed by atoms with Crippen LogP contribution >= 0.6 is 34.5 Å². The normalized spacial score (nSPS) is 12.7. The quantitative estimate of drug-likeness (QED) is 0.852. The summed E-state index contributed by atoms with van der Waals surface area (Å²) in [6.45, 7) is 2.13. The van der Waals surface area contributed by atoms with Gasteiger partial charge < -0.3 is 5.11 Å². The molecule has 1 aromatic carbocycles. The highest BCUT2D eigenvalue weighted by Crippen LogP contribution is 2.28. The number of benzene rings is 1. The molecule has 0 fully saturated rings. The molecule has 0 aliphatic rings. The third kappa shape index (κ3) is 3.48. The van der Waals surface area contributed by atoms with E-state index in [0.29, 0.717) is 16.5 Å². The monoisotopic (exact) mass is 300 g/mol. The van der Waals surface area contributed by atoms with E-state index in [1.54, 1.807) is 29.5 Å². The van der Waals surface area contributed by atoms with Crippen molar-refractivity contribution in [2.24, 2.45) is 0 Å². The summed E-state index contributed by atoms with van der Waals surface area (Å²) < 4.78 is 0. The molecule has 0 saturated carbocycles. The molecule has 18 heavy (non-hydrogen) atoms. The van der Waals surface area contributed by atoms with Crippen LogP contribution in [0.25, 0.3) is 0 Å². The molecular weight excluding hydrogens is 287 g/mol. The van der Waals surface area contributed by atoms with Crippen LogP contribution in [0.15, 0.2) is 30.3 Å². The van der Waals surface area contributed by atoms with Crippen LogP contribution in [0.4, 0.5) is 0 Å². The van der Waals surface area contributed by atoms with Crippen LogP contribution in [-0.2, 0) is 12.8 Å². The number of rotatable bonds is 4. The van der Waals surface area contributed by atoms with Crippen molar-refractivity contribution in [1.29, 1.82) is 0 Å². The highest BCUT2D eigenvalue weighted by Gasteiger charge is 2.11. The lowest BCUT2D eigenvalue weighted by atomic mass is 10.1. The standard InChI is InChI=1S/C14H14Cl2OS/c1-2-12-3-4-13(18-12)8-14(17)9-5-10(15)7-11(16)6-9/h3-7,14,17H,2,8H2,1H3. The molecule has 1 N–H and O–H groups in total. The van der Waals surface area contributed by atoms with Crippen molar-refractivity contribution in [1.82, 2.24) is 0 Å². The summed E-state index contributed by atoms with van der Waals surface area (Å²) in [5, 5.41) is 11.3. The fraction of sp³-hybridized carbons (Fsp3) is 0.286. The molecule has 1 aromatic heterocycles. The summed E-state index contributed by atoms with van der Waals surface area (Å²) in [6.07, 6.45) is 1.06. The van der Waals surface area contributed by atoms with E-state index in [2.05, 4.69) is 19.1 Å². The van der Waals surface area contributed by atoms with E-state index < -0.39 is 6.10 Å². The van der Waals surface area contributed by atoms with Gasteiger partial charge in [-0.25, -0.2) is 0 Å². The zero-order valence-corrected chi connectivity index (χ0v) is 12.3. The molecule has 4 heteroatoms. The van der Waals surface area contributed by atoms with Crippen molar-refractivity contribution in [3.8, 4) is 0 Å². The Bertz CT molecular complexity index is 516. The summed E-state index contributed by atoms with van der Waals surface area (Å²) in [4.78, 5) is 2.51. The molecule has 1 nitrogen and oxygen atoms in total. The molecule has 0 aliphatic carbocycles. The van der Waals surface area contributed by atoms with Crippen molar-refractivity contribution >= 4 is 34.5 Å². The van der Waals surface area contributed by atoms with Crippen LogP contribution in [0.5, 0.6) is 0 Å². The molecule has 1 unspecified atom stereocenters. The van der Waals surface area contributed by atoms with Gasteiger partial charge in [-0.3, -0.25) is 0 Å². The number of hydrogen-bond donors (Lipinski definition) is 1. The van der Waals surface area contributed by atoms with E-state index in [1.807, 2.05) is 0 Å². The molecular formula is C14H14Cl2OS. The fourth-order valence-corrected chi connectivity index (χ4v) is 3.34. The molecule has 0 radical (unpaired) electrons. The highest BCUT2D eigenvalue weighted by atomic mass is 35.5. The van der Waals surface area contributed by atoms with Gasteiger partial charge in [0.15, 0.2) is 0 Å². The van der Waals surface area contributed by atoms with Crippen molar-refractivity contribution < 1.29 is 5.11 Å². The number of aryl methyl sites for hydroxylation is 1. The smallest absolute Gasteiger partial charge is 0.0839 e. The number of halogens is 2. The zero-order valence-electron chi connectivity index (χ0n) is 9.99. The summed E-state index contributed by atoms with van der Waals surface area (Å²) >= 11 is 13.6. The molecule has 2 rings (SSSR count). The molecule has 96 valence electrons. The van der Waals surface area contributed by atoms with E-state index in [-0.39, 0.29) is 0 Å². The van der Waals surface area contributed by atoms with Crippen molar-refractivity contribution in [2.45, 2.75) is 25.9 Å². The molecule has 1 heterocycles. The largest absolute Gasteiger partial charge is 0.388 e. The van der Waals surface area contributed by atoms with Crippen LogP contribution in [0.2, 0.25) is 10.0 Å². The van der Waals surface area contributed by atoms with Gasteiger partial charge in [0.05, 0.1) is 6.10 Å². The average Bonchev–Trinajstić information content (AvgIpc) is 2.75. The Labute approximate surface area is 121 Å². The Hall–Kier alpha value is -0.540. The third-order valence-electron chi connectivity index (χ3n) is 2.73. The topological polar surface area (TPSA) is 20.2 Å². The Balaban J connectivity index is 2.13. The van der Waals surface area contributed by atoms with Crippen LogP contribution in [0.3, 0.4) is 0 Å². The molecule has 0 aliphatic heterocycles. The Morgan fingerprint density at radius 1 is 1.11 bits per heavy atom. The number of hydrogen-bond acceptors (Lipinski definition) is 2. The maximum absolute atomic E-state index is 10.2. The molecule has 2 aromatic rings. The minimum absolute atomic E-state index is 0.553. The van der Waals surface area contributed by atoms with E-state index in [0.717, 1.165) is 12.0 Å². The second kappa shape index (κ2) is 6.07. The summed E-state index contributed by atoms with van der Waals surface area (Å²) in [7, 11) is 0. The second-order valence-electron chi connectivity index (χ2n) is 4.14. The van der Waals surface area contributed by atoms with Crippen molar-refractivity contribution in [3.05, 3.63) is 55.7 Å². The summed E-state index contributed by atoms with van der Waals surface area (Å²) in [6, 6.07) is 9.36. The SMILES string of the molecule is CCc1ccc(CC(O)c2cc(Cl)cc(Cl)c2)s1. The first kappa shape index (κ1) is 13.9. The summed E-state index contributed by atoms with van der Waals surface area (Å²) in [5.41, 5.74) is 0.763. The van der Waals surface area contributed by atoms with Crippen LogP contribution in [0, 0.1) is 0 Å². The van der Waals surface area contributed by atoms with Gasteiger partial charge in [-0.05, 0) is 42.3 Å². The highest BCUT2D eigenvalue weighted by molar-refractivity contribution is 7.11. The van der Waals surface area contributed by atoms with Crippen LogP contribution < -0.4 is 0 Å². The van der Waals surface area contributed by atoms with Gasteiger partial charge in [0, 0.05) is 26.2 Å². The minimum Gasteiger partial charge on any atom is -0.388 e. The van der Waals surface area contributed by atoms with E-state index in [9.17, 15) is 5.11 Å². The first-order valence-corrected chi connectivity index (χ1v) is 7.37. The van der Waals surface area contributed by atoms with Gasteiger partial charge in [-0.15, -0.1) is 11.3 Å². The van der Waals surface area contributed by atoms with E-state index >= 15 is 0 Å². The van der Waals surface area contributed by atoms with Crippen molar-refractivity contribution in [3.63, 3.8) is 0 Å². The Morgan fingerprint density at radius 2 is 1.72 bits per heavy atom. The van der Waals surface area contributed by atoms with Gasteiger partial charge in [0.1, 0.15) is 0 Å². The molecule has 0 bridgehead atoms. The van der Waals surface area contributed by atoms with Gasteiger partial charge >= 0.3 is 0 Å². The number of aliphatic hydroxyl groups is 1. The second-order valence-corrected chi connectivity index (χ2v) is 6.27. The predicted molar refractivity (Wildman–Crippen MR) is 78.8 cm³/mol. The lowest BCUT2D eigenvalue weighted by Crippen LogP contribution is -2.00. The Morgan fingerprint density at radius 3 is 2.28 bits per heavy atom. The number of aliphatic hydroxyl groups excluding tert-OH is 1. The average molecular weight is 301 g/mol. The maximum atomic E-state index is 10.2. The Kier molecular flexibility index (Phi) is 4.68. The molecule has 1 atom stereocenters. The third-order valence-corrected chi connectivity index (χ3v) is 4.42. The lowest BCUT2D eigenvalue weighted by molar-refractivity contribution is 0.179.